The standard InChI is InChI=1S/C38H54O5/c1-23-15-18-38(22-39)20-19-36(5)26-11-13-31-35(3,4)32(43-33(42)14-8-25-7-12-29(40)30(41)21-25)16-17-37(31,6)27(26)9-10-28(36)34(38)24(23)2/h7-8,10,12,14,21,23-24,26-27,31-32,34,39-41H,9,11,13,15-20,22H2,1-6H3/b14-8+/t23-,24+,26-,27+,31+,32+,34+,36+,37-,38-/m1/s1. The molecule has 5 heteroatoms. The first-order chi connectivity index (χ1) is 20.3. The zero-order valence-corrected chi connectivity index (χ0v) is 27.2. The van der Waals surface area contributed by atoms with Crippen molar-refractivity contribution in [3.8, 4) is 11.5 Å². The summed E-state index contributed by atoms with van der Waals surface area (Å²) in [6, 6.07) is 4.51. The van der Waals surface area contributed by atoms with Gasteiger partial charge in [0.1, 0.15) is 6.10 Å². The summed E-state index contributed by atoms with van der Waals surface area (Å²) in [5.74, 6) is 2.89. The predicted octanol–water partition coefficient (Wildman–Crippen LogP) is 8.28. The smallest absolute Gasteiger partial charge is 0.331 e. The fourth-order valence-electron chi connectivity index (χ4n) is 11.6. The first-order valence-corrected chi connectivity index (χ1v) is 17.0. The van der Waals surface area contributed by atoms with Gasteiger partial charge in [-0.2, -0.15) is 0 Å². The van der Waals surface area contributed by atoms with Gasteiger partial charge < -0.3 is 20.1 Å². The monoisotopic (exact) mass is 590 g/mol. The van der Waals surface area contributed by atoms with E-state index >= 15 is 0 Å². The zero-order valence-electron chi connectivity index (χ0n) is 27.2. The third kappa shape index (κ3) is 4.70. The summed E-state index contributed by atoms with van der Waals surface area (Å²) in [7, 11) is 0. The van der Waals surface area contributed by atoms with E-state index in [0.717, 1.165) is 25.7 Å². The number of aromatic hydroxyl groups is 2. The summed E-state index contributed by atoms with van der Waals surface area (Å²) in [5.41, 5.74) is 2.70. The average Bonchev–Trinajstić information content (AvgIpc) is 2.97. The number of phenols is 2. The van der Waals surface area contributed by atoms with Gasteiger partial charge in [-0.3, -0.25) is 0 Å². The minimum atomic E-state index is -0.355. The van der Waals surface area contributed by atoms with Gasteiger partial charge in [0, 0.05) is 23.5 Å². The maximum absolute atomic E-state index is 13.0. The van der Waals surface area contributed by atoms with Crippen LogP contribution in [0.25, 0.3) is 6.08 Å². The molecule has 0 unspecified atom stereocenters. The Hall–Kier alpha value is -2.27. The van der Waals surface area contributed by atoms with Crippen LogP contribution in [0.5, 0.6) is 11.5 Å². The van der Waals surface area contributed by atoms with Gasteiger partial charge in [0.25, 0.3) is 0 Å². The number of allylic oxidation sites excluding steroid dienone is 2. The number of benzene rings is 1. The second-order valence-corrected chi connectivity index (χ2v) is 16.4. The van der Waals surface area contributed by atoms with E-state index in [2.05, 4.69) is 47.6 Å². The quantitative estimate of drug-likeness (QED) is 0.142. The van der Waals surface area contributed by atoms with Crippen molar-refractivity contribution in [2.75, 3.05) is 6.61 Å². The van der Waals surface area contributed by atoms with Crippen LogP contribution in [-0.2, 0) is 9.53 Å². The molecule has 0 saturated heterocycles. The van der Waals surface area contributed by atoms with Crippen molar-refractivity contribution in [3.05, 3.63) is 41.5 Å². The molecule has 5 aliphatic rings. The van der Waals surface area contributed by atoms with Crippen LogP contribution in [-0.4, -0.2) is 34.0 Å². The van der Waals surface area contributed by atoms with Crippen molar-refractivity contribution < 1.29 is 24.9 Å². The Kier molecular flexibility index (Phi) is 7.63. The number of carbonyl (C=O) groups excluding carboxylic acids is 1. The first kappa shape index (κ1) is 30.7. The lowest BCUT2D eigenvalue weighted by Crippen LogP contribution is -2.61. The first-order valence-electron chi connectivity index (χ1n) is 17.0. The number of aliphatic hydroxyl groups is 1. The number of carbonyl (C=O) groups is 1. The van der Waals surface area contributed by atoms with Crippen LogP contribution in [0.15, 0.2) is 35.9 Å². The van der Waals surface area contributed by atoms with Crippen LogP contribution in [0.4, 0.5) is 0 Å². The molecule has 0 aromatic heterocycles. The average molecular weight is 591 g/mol. The number of phenolic OH excluding ortho intramolecular Hbond substituents is 2. The molecule has 0 bridgehead atoms. The van der Waals surface area contributed by atoms with Gasteiger partial charge in [0.05, 0.1) is 0 Å². The molecule has 0 aliphatic heterocycles. The fourth-order valence-corrected chi connectivity index (χ4v) is 11.6. The Morgan fingerprint density at radius 1 is 0.953 bits per heavy atom. The van der Waals surface area contributed by atoms with Crippen LogP contribution in [0.2, 0.25) is 0 Å². The number of esters is 1. The molecule has 0 amide bonds. The lowest BCUT2D eigenvalue weighted by Gasteiger charge is -2.67. The van der Waals surface area contributed by atoms with Gasteiger partial charge in [-0.25, -0.2) is 4.79 Å². The maximum Gasteiger partial charge on any atom is 0.331 e. The molecule has 3 N–H and O–H groups in total. The zero-order chi connectivity index (χ0) is 30.9. The summed E-state index contributed by atoms with van der Waals surface area (Å²) in [4.78, 5) is 13.0. The molecule has 236 valence electrons. The summed E-state index contributed by atoms with van der Waals surface area (Å²) in [6.07, 6.45) is 15.9. The summed E-state index contributed by atoms with van der Waals surface area (Å²) in [6.45, 7) is 15.0. The summed E-state index contributed by atoms with van der Waals surface area (Å²) >= 11 is 0. The highest BCUT2D eigenvalue weighted by atomic mass is 16.5. The molecule has 5 aliphatic carbocycles. The van der Waals surface area contributed by atoms with Crippen LogP contribution < -0.4 is 0 Å². The molecule has 1 aromatic carbocycles. The third-order valence-electron chi connectivity index (χ3n) is 14.3. The number of hydrogen-bond acceptors (Lipinski definition) is 5. The van der Waals surface area contributed by atoms with Gasteiger partial charge in [0.15, 0.2) is 11.5 Å². The fraction of sp³-hybridized carbons (Fsp3) is 0.711. The van der Waals surface area contributed by atoms with E-state index in [1.807, 2.05) is 0 Å². The molecule has 4 fully saturated rings. The van der Waals surface area contributed by atoms with Gasteiger partial charge in [-0.1, -0.05) is 59.3 Å². The van der Waals surface area contributed by atoms with Crippen molar-refractivity contribution >= 4 is 12.0 Å². The molecular weight excluding hydrogens is 536 g/mol. The van der Waals surface area contributed by atoms with Crippen LogP contribution in [0.1, 0.15) is 105 Å². The Bertz CT molecular complexity index is 1310. The van der Waals surface area contributed by atoms with E-state index in [4.69, 9.17) is 4.74 Å². The van der Waals surface area contributed by atoms with Crippen molar-refractivity contribution in [1.29, 1.82) is 0 Å². The molecule has 6 rings (SSSR count). The lowest BCUT2D eigenvalue weighted by atomic mass is 9.37. The number of hydrogen-bond donors (Lipinski definition) is 3. The number of rotatable bonds is 4. The second kappa shape index (κ2) is 10.7. The van der Waals surface area contributed by atoms with Gasteiger partial charge >= 0.3 is 5.97 Å². The molecule has 43 heavy (non-hydrogen) atoms. The third-order valence-corrected chi connectivity index (χ3v) is 14.3. The highest BCUT2D eigenvalue weighted by molar-refractivity contribution is 5.87. The van der Waals surface area contributed by atoms with Crippen molar-refractivity contribution in [2.45, 2.75) is 105 Å². The van der Waals surface area contributed by atoms with E-state index in [1.165, 1.54) is 50.3 Å². The minimum absolute atomic E-state index is 0.0756. The minimum Gasteiger partial charge on any atom is -0.504 e. The van der Waals surface area contributed by atoms with E-state index in [1.54, 1.807) is 17.7 Å². The van der Waals surface area contributed by atoms with E-state index in [-0.39, 0.29) is 45.2 Å². The topological polar surface area (TPSA) is 87.0 Å². The predicted molar refractivity (Wildman–Crippen MR) is 170 cm³/mol. The SMILES string of the molecule is C[C@H]1[C@H](C)CC[C@]2(CO)CC[C@]3(C)C(=CC[C@H]4[C@H]3CC[C@H]3C(C)(C)[C@@H](OC(=O)/C=C/c5ccc(O)c(O)c5)CC[C@]43C)[C@H]12. The Labute approximate surface area is 258 Å². The van der Waals surface area contributed by atoms with Gasteiger partial charge in [-0.05, 0) is 128 Å². The number of fused-ring (bicyclic) bond motifs is 7. The highest BCUT2D eigenvalue weighted by Gasteiger charge is 2.64. The molecule has 0 radical (unpaired) electrons. The highest BCUT2D eigenvalue weighted by Crippen LogP contribution is 2.71. The van der Waals surface area contributed by atoms with E-state index in [9.17, 15) is 20.1 Å². The molecule has 10 atom stereocenters. The summed E-state index contributed by atoms with van der Waals surface area (Å²) < 4.78 is 6.15. The Morgan fingerprint density at radius 2 is 1.72 bits per heavy atom. The second-order valence-electron chi connectivity index (χ2n) is 16.4. The molecular formula is C38H54O5. The Balaban J connectivity index is 1.22. The molecule has 0 spiro atoms. The molecule has 4 saturated carbocycles. The Morgan fingerprint density at radius 3 is 2.44 bits per heavy atom. The molecule has 1 aromatic rings. The van der Waals surface area contributed by atoms with E-state index in [0.29, 0.717) is 47.7 Å². The van der Waals surface area contributed by atoms with Crippen molar-refractivity contribution in [3.63, 3.8) is 0 Å². The number of aliphatic hydroxyl groups excluding tert-OH is 1. The van der Waals surface area contributed by atoms with Gasteiger partial charge in [0.2, 0.25) is 0 Å². The van der Waals surface area contributed by atoms with Gasteiger partial charge in [-0.15, -0.1) is 0 Å². The number of ether oxygens (including phenoxy) is 1. The molecule has 5 nitrogen and oxygen atoms in total. The normalized spacial score (nSPS) is 43.5. The largest absolute Gasteiger partial charge is 0.504 e. The van der Waals surface area contributed by atoms with Crippen LogP contribution >= 0.6 is 0 Å². The van der Waals surface area contributed by atoms with Crippen molar-refractivity contribution in [2.24, 2.45) is 57.2 Å². The summed E-state index contributed by atoms with van der Waals surface area (Å²) in [5, 5.41) is 30.1. The maximum atomic E-state index is 13.0. The molecule has 0 heterocycles. The van der Waals surface area contributed by atoms with Crippen molar-refractivity contribution in [1.82, 2.24) is 0 Å². The van der Waals surface area contributed by atoms with Crippen LogP contribution in [0, 0.1) is 57.2 Å². The lowest BCUT2D eigenvalue weighted by molar-refractivity contribution is -0.190. The van der Waals surface area contributed by atoms with Crippen LogP contribution in [0.3, 0.4) is 0 Å². The van der Waals surface area contributed by atoms with E-state index < -0.39 is 0 Å².